The SMILES string of the molecule is CCNC(=O)c1ccc(N)cc1SCc1ccc(Cl)cc1. The highest BCUT2D eigenvalue weighted by Gasteiger charge is 2.11. The Bertz CT molecular complexity index is 629. The molecule has 0 fully saturated rings. The molecule has 0 radical (unpaired) electrons. The van der Waals surface area contributed by atoms with E-state index in [2.05, 4.69) is 5.32 Å². The van der Waals surface area contributed by atoms with Gasteiger partial charge in [0.25, 0.3) is 5.91 Å². The molecule has 0 aliphatic rings. The van der Waals surface area contributed by atoms with Crippen molar-refractivity contribution in [3.05, 3.63) is 58.6 Å². The van der Waals surface area contributed by atoms with Crippen molar-refractivity contribution >= 4 is 35.0 Å². The fraction of sp³-hybridized carbons (Fsp3) is 0.188. The fourth-order valence-corrected chi connectivity index (χ4v) is 3.02. The van der Waals surface area contributed by atoms with Gasteiger partial charge in [-0.15, -0.1) is 11.8 Å². The highest BCUT2D eigenvalue weighted by atomic mass is 35.5. The predicted octanol–water partition coefficient (Wildman–Crippen LogP) is 3.96. The summed E-state index contributed by atoms with van der Waals surface area (Å²) < 4.78 is 0. The van der Waals surface area contributed by atoms with Crippen LogP contribution in [-0.4, -0.2) is 12.5 Å². The molecule has 0 unspecified atom stereocenters. The molecule has 110 valence electrons. The summed E-state index contributed by atoms with van der Waals surface area (Å²) in [5, 5.41) is 3.54. The molecule has 2 aromatic rings. The molecule has 0 saturated carbocycles. The third-order valence-electron chi connectivity index (χ3n) is 2.90. The van der Waals surface area contributed by atoms with E-state index in [1.807, 2.05) is 37.3 Å². The predicted molar refractivity (Wildman–Crippen MR) is 89.9 cm³/mol. The van der Waals surface area contributed by atoms with Gasteiger partial charge in [0.2, 0.25) is 0 Å². The quantitative estimate of drug-likeness (QED) is 0.647. The number of benzene rings is 2. The first-order valence-corrected chi connectivity index (χ1v) is 8.01. The maximum absolute atomic E-state index is 12.1. The summed E-state index contributed by atoms with van der Waals surface area (Å²) in [6, 6.07) is 13.0. The summed E-state index contributed by atoms with van der Waals surface area (Å²) in [5.74, 6) is 0.684. The van der Waals surface area contributed by atoms with Crippen molar-refractivity contribution in [1.82, 2.24) is 5.32 Å². The Morgan fingerprint density at radius 2 is 1.95 bits per heavy atom. The second kappa shape index (κ2) is 7.38. The Labute approximate surface area is 133 Å². The Morgan fingerprint density at radius 3 is 2.62 bits per heavy atom. The van der Waals surface area contributed by atoms with E-state index in [0.717, 1.165) is 21.2 Å². The number of amides is 1. The molecule has 3 N–H and O–H groups in total. The minimum Gasteiger partial charge on any atom is -0.399 e. The van der Waals surface area contributed by atoms with Crippen LogP contribution < -0.4 is 11.1 Å². The maximum Gasteiger partial charge on any atom is 0.252 e. The summed E-state index contributed by atoms with van der Waals surface area (Å²) in [6.45, 7) is 2.50. The molecule has 0 saturated heterocycles. The van der Waals surface area contributed by atoms with Gasteiger partial charge < -0.3 is 11.1 Å². The van der Waals surface area contributed by atoms with Crippen molar-refractivity contribution in [2.45, 2.75) is 17.6 Å². The summed E-state index contributed by atoms with van der Waals surface area (Å²) in [5.41, 5.74) is 8.29. The van der Waals surface area contributed by atoms with E-state index in [4.69, 9.17) is 17.3 Å². The average Bonchev–Trinajstić information content (AvgIpc) is 2.47. The maximum atomic E-state index is 12.1. The Morgan fingerprint density at radius 1 is 1.24 bits per heavy atom. The molecule has 1 amide bonds. The number of nitrogen functional groups attached to an aromatic ring is 1. The van der Waals surface area contributed by atoms with Crippen LogP contribution in [0, 0.1) is 0 Å². The van der Waals surface area contributed by atoms with Crippen molar-refractivity contribution in [3.63, 3.8) is 0 Å². The van der Waals surface area contributed by atoms with E-state index < -0.39 is 0 Å². The molecular weight excluding hydrogens is 304 g/mol. The lowest BCUT2D eigenvalue weighted by Crippen LogP contribution is -2.23. The van der Waals surface area contributed by atoms with Gasteiger partial charge in [0.05, 0.1) is 5.56 Å². The Balaban J connectivity index is 2.16. The van der Waals surface area contributed by atoms with Crippen molar-refractivity contribution in [3.8, 4) is 0 Å². The smallest absolute Gasteiger partial charge is 0.252 e. The number of rotatable bonds is 5. The lowest BCUT2D eigenvalue weighted by atomic mass is 10.2. The van der Waals surface area contributed by atoms with Gasteiger partial charge in [0, 0.05) is 27.9 Å². The monoisotopic (exact) mass is 320 g/mol. The van der Waals surface area contributed by atoms with E-state index in [0.29, 0.717) is 17.8 Å². The second-order valence-electron chi connectivity index (χ2n) is 4.53. The van der Waals surface area contributed by atoms with Gasteiger partial charge in [-0.2, -0.15) is 0 Å². The molecule has 0 aliphatic heterocycles. The zero-order valence-electron chi connectivity index (χ0n) is 11.7. The van der Waals surface area contributed by atoms with Crippen LogP contribution >= 0.6 is 23.4 Å². The van der Waals surface area contributed by atoms with Crippen molar-refractivity contribution in [1.29, 1.82) is 0 Å². The molecular formula is C16H17ClN2OS. The number of carbonyl (C=O) groups excluding carboxylic acids is 1. The van der Waals surface area contributed by atoms with Gasteiger partial charge in [-0.3, -0.25) is 4.79 Å². The van der Waals surface area contributed by atoms with E-state index >= 15 is 0 Å². The van der Waals surface area contributed by atoms with Gasteiger partial charge >= 0.3 is 0 Å². The number of carbonyl (C=O) groups is 1. The van der Waals surface area contributed by atoms with E-state index in [1.165, 1.54) is 0 Å². The first kappa shape index (κ1) is 15.7. The first-order chi connectivity index (χ1) is 10.1. The van der Waals surface area contributed by atoms with Gasteiger partial charge in [0.1, 0.15) is 0 Å². The van der Waals surface area contributed by atoms with Gasteiger partial charge in [-0.1, -0.05) is 23.7 Å². The summed E-state index contributed by atoms with van der Waals surface area (Å²) in [7, 11) is 0. The fourth-order valence-electron chi connectivity index (χ4n) is 1.84. The van der Waals surface area contributed by atoms with Gasteiger partial charge in [-0.05, 0) is 42.8 Å². The number of thioether (sulfide) groups is 1. The third kappa shape index (κ3) is 4.41. The van der Waals surface area contributed by atoms with Gasteiger partial charge in [-0.25, -0.2) is 0 Å². The molecule has 2 aromatic carbocycles. The van der Waals surface area contributed by atoms with E-state index in [-0.39, 0.29) is 5.91 Å². The highest BCUT2D eigenvalue weighted by molar-refractivity contribution is 7.98. The summed E-state index contributed by atoms with van der Waals surface area (Å²) in [4.78, 5) is 12.9. The largest absolute Gasteiger partial charge is 0.399 e. The number of anilines is 1. The molecule has 2 rings (SSSR count). The van der Waals surface area contributed by atoms with E-state index in [9.17, 15) is 4.79 Å². The molecule has 0 bridgehead atoms. The number of hydrogen-bond donors (Lipinski definition) is 2. The van der Waals surface area contributed by atoms with E-state index in [1.54, 1.807) is 23.9 Å². The molecule has 0 spiro atoms. The van der Waals surface area contributed by atoms with Crippen LogP contribution in [0.1, 0.15) is 22.8 Å². The summed E-state index contributed by atoms with van der Waals surface area (Å²) in [6.07, 6.45) is 0. The van der Waals surface area contributed by atoms with Crippen molar-refractivity contribution in [2.24, 2.45) is 0 Å². The van der Waals surface area contributed by atoms with Gasteiger partial charge in [0.15, 0.2) is 0 Å². The molecule has 0 aliphatic carbocycles. The minimum absolute atomic E-state index is 0.0730. The first-order valence-electron chi connectivity index (χ1n) is 6.65. The van der Waals surface area contributed by atoms with Crippen molar-refractivity contribution < 1.29 is 4.79 Å². The average molecular weight is 321 g/mol. The minimum atomic E-state index is -0.0730. The molecule has 5 heteroatoms. The number of nitrogens with two attached hydrogens (primary N) is 1. The zero-order chi connectivity index (χ0) is 15.2. The molecule has 0 atom stereocenters. The topological polar surface area (TPSA) is 55.1 Å². The molecule has 0 heterocycles. The molecule has 21 heavy (non-hydrogen) atoms. The van der Waals surface area contributed by atoms with Crippen LogP contribution in [0.25, 0.3) is 0 Å². The van der Waals surface area contributed by atoms with Crippen LogP contribution in [0.2, 0.25) is 5.02 Å². The standard InChI is InChI=1S/C16H17ClN2OS/c1-2-19-16(20)14-8-7-13(18)9-15(14)21-10-11-3-5-12(17)6-4-11/h3-9H,2,10,18H2,1H3,(H,19,20). The second-order valence-corrected chi connectivity index (χ2v) is 5.98. The van der Waals surface area contributed by atoms with Crippen LogP contribution in [0.5, 0.6) is 0 Å². The summed E-state index contributed by atoms with van der Waals surface area (Å²) >= 11 is 7.47. The van der Waals surface area contributed by atoms with Crippen LogP contribution in [0.15, 0.2) is 47.4 Å². The lowest BCUT2D eigenvalue weighted by Gasteiger charge is -2.10. The normalized spacial score (nSPS) is 10.4. The van der Waals surface area contributed by atoms with Crippen LogP contribution in [0.3, 0.4) is 0 Å². The zero-order valence-corrected chi connectivity index (χ0v) is 13.3. The van der Waals surface area contributed by atoms with Crippen LogP contribution in [-0.2, 0) is 5.75 Å². The molecule has 3 nitrogen and oxygen atoms in total. The Kier molecular flexibility index (Phi) is 5.53. The number of nitrogens with one attached hydrogen (secondary N) is 1. The Hall–Kier alpha value is -1.65. The lowest BCUT2D eigenvalue weighted by molar-refractivity contribution is 0.0953. The third-order valence-corrected chi connectivity index (χ3v) is 4.27. The molecule has 0 aromatic heterocycles. The van der Waals surface area contributed by atoms with Crippen LogP contribution in [0.4, 0.5) is 5.69 Å². The number of halogens is 1. The number of hydrogen-bond acceptors (Lipinski definition) is 3. The van der Waals surface area contributed by atoms with Crippen molar-refractivity contribution in [2.75, 3.05) is 12.3 Å². The highest BCUT2D eigenvalue weighted by Crippen LogP contribution is 2.28.